The number of rotatable bonds is 6. The van der Waals surface area contributed by atoms with E-state index in [0.717, 1.165) is 38.9 Å². The molecule has 28 heavy (non-hydrogen) atoms. The van der Waals surface area contributed by atoms with Crippen molar-refractivity contribution in [1.82, 2.24) is 4.90 Å². The summed E-state index contributed by atoms with van der Waals surface area (Å²) in [5.41, 5.74) is 7.52. The number of primary amides is 1. The van der Waals surface area contributed by atoms with Gasteiger partial charge in [0.25, 0.3) is 5.91 Å². The molecule has 2 aromatic rings. The highest BCUT2D eigenvalue weighted by Crippen LogP contribution is 2.18. The van der Waals surface area contributed by atoms with Gasteiger partial charge in [-0.3, -0.25) is 9.59 Å². The van der Waals surface area contributed by atoms with E-state index in [1.165, 1.54) is 11.6 Å². The fourth-order valence-corrected chi connectivity index (χ4v) is 3.66. The van der Waals surface area contributed by atoms with Crippen LogP contribution in [0.4, 0.5) is 10.1 Å². The zero-order valence-electron chi connectivity index (χ0n) is 15.5. The molecule has 1 fully saturated rings. The van der Waals surface area contributed by atoms with Gasteiger partial charge in [-0.15, -0.1) is 0 Å². The Labute approximate surface area is 177 Å². The first kappa shape index (κ1) is 20.7. The van der Waals surface area contributed by atoms with Gasteiger partial charge in [0.15, 0.2) is 0 Å². The summed E-state index contributed by atoms with van der Waals surface area (Å²) in [5.74, 6) is -0.908. The number of benzene rings is 2. The van der Waals surface area contributed by atoms with Crippen LogP contribution in [0.1, 0.15) is 28.8 Å². The highest BCUT2D eigenvalue weighted by molar-refractivity contribution is 14.1. The highest BCUT2D eigenvalue weighted by atomic mass is 127. The van der Waals surface area contributed by atoms with Gasteiger partial charge < -0.3 is 16.0 Å². The van der Waals surface area contributed by atoms with Crippen LogP contribution in [0, 0.1) is 15.3 Å². The van der Waals surface area contributed by atoms with Crippen molar-refractivity contribution in [3.8, 4) is 0 Å². The van der Waals surface area contributed by atoms with E-state index in [0.29, 0.717) is 14.8 Å². The highest BCUT2D eigenvalue weighted by Gasteiger charge is 2.22. The Hall–Kier alpha value is -2.00. The number of amides is 2. The molecule has 5 nitrogen and oxygen atoms in total. The van der Waals surface area contributed by atoms with Gasteiger partial charge in [-0.25, -0.2) is 4.39 Å². The van der Waals surface area contributed by atoms with Gasteiger partial charge in [-0.05, 0) is 90.8 Å². The summed E-state index contributed by atoms with van der Waals surface area (Å²) >= 11 is 1.89. The molecular formula is C21H23FIN3O2. The van der Waals surface area contributed by atoms with E-state index in [2.05, 4.69) is 10.2 Å². The van der Waals surface area contributed by atoms with E-state index >= 15 is 0 Å². The number of carbonyl (C=O) groups is 2. The van der Waals surface area contributed by atoms with Crippen LogP contribution in [0.5, 0.6) is 0 Å². The second-order valence-corrected chi connectivity index (χ2v) is 8.21. The Balaban J connectivity index is 1.49. The minimum Gasteiger partial charge on any atom is -0.369 e. The summed E-state index contributed by atoms with van der Waals surface area (Å²) in [7, 11) is 0. The van der Waals surface area contributed by atoms with E-state index < -0.39 is 5.82 Å². The summed E-state index contributed by atoms with van der Waals surface area (Å²) in [5, 5.41) is 2.79. The fourth-order valence-electron chi connectivity index (χ4n) is 3.32. The third-order valence-electron chi connectivity index (χ3n) is 5.10. The zero-order valence-corrected chi connectivity index (χ0v) is 17.6. The Morgan fingerprint density at radius 3 is 2.43 bits per heavy atom. The Morgan fingerprint density at radius 2 is 1.82 bits per heavy atom. The van der Waals surface area contributed by atoms with Gasteiger partial charge >= 0.3 is 0 Å². The molecular weight excluding hydrogens is 472 g/mol. The first-order chi connectivity index (χ1) is 13.4. The summed E-state index contributed by atoms with van der Waals surface area (Å²) < 4.78 is 14.1. The smallest absolute Gasteiger partial charge is 0.255 e. The molecule has 1 aliphatic rings. The van der Waals surface area contributed by atoms with Crippen LogP contribution >= 0.6 is 22.6 Å². The van der Waals surface area contributed by atoms with Gasteiger partial charge in [-0.2, -0.15) is 0 Å². The van der Waals surface area contributed by atoms with E-state index in [-0.39, 0.29) is 17.7 Å². The minimum absolute atomic E-state index is 0.0145. The number of hydrogen-bond donors (Lipinski definition) is 2. The normalized spacial score (nSPS) is 15.4. The van der Waals surface area contributed by atoms with Crippen molar-refractivity contribution in [2.24, 2.45) is 11.7 Å². The number of anilines is 1. The molecule has 2 aromatic carbocycles. The standard InChI is InChI=1S/C21H23FIN3O2/c22-18-13-16(3-6-19(18)23)21(28)25-17-4-1-14(2-5-17)7-10-26-11-8-15(9-12-26)20(24)27/h1-6,13,15H,7-12H2,(H2,24,27)(H,25,28). The first-order valence-corrected chi connectivity index (χ1v) is 10.4. The van der Waals surface area contributed by atoms with E-state index in [9.17, 15) is 14.0 Å². The molecule has 148 valence electrons. The number of halogens is 2. The third-order valence-corrected chi connectivity index (χ3v) is 5.98. The molecule has 3 N–H and O–H groups in total. The Kier molecular flexibility index (Phi) is 7.01. The summed E-state index contributed by atoms with van der Waals surface area (Å²) in [6, 6.07) is 12.1. The van der Waals surface area contributed by atoms with Gasteiger partial charge in [0, 0.05) is 27.3 Å². The van der Waals surface area contributed by atoms with Crippen LogP contribution in [-0.4, -0.2) is 36.3 Å². The largest absolute Gasteiger partial charge is 0.369 e. The maximum absolute atomic E-state index is 13.6. The molecule has 0 bridgehead atoms. The lowest BCUT2D eigenvalue weighted by molar-refractivity contribution is -0.123. The Morgan fingerprint density at radius 1 is 1.14 bits per heavy atom. The second-order valence-electron chi connectivity index (χ2n) is 7.05. The molecule has 1 aliphatic heterocycles. The lowest BCUT2D eigenvalue weighted by Crippen LogP contribution is -2.39. The maximum Gasteiger partial charge on any atom is 0.255 e. The van der Waals surface area contributed by atoms with Crippen LogP contribution < -0.4 is 11.1 Å². The molecule has 1 saturated heterocycles. The maximum atomic E-state index is 13.6. The molecule has 1 heterocycles. The summed E-state index contributed by atoms with van der Waals surface area (Å²) in [6.07, 6.45) is 2.57. The third kappa shape index (κ3) is 5.51. The molecule has 0 saturated carbocycles. The van der Waals surface area contributed by atoms with Gasteiger partial charge in [0.05, 0.1) is 0 Å². The van der Waals surface area contributed by atoms with Crippen molar-refractivity contribution in [2.75, 3.05) is 25.0 Å². The van der Waals surface area contributed by atoms with Crippen molar-refractivity contribution >= 4 is 40.1 Å². The zero-order chi connectivity index (χ0) is 20.1. The van der Waals surface area contributed by atoms with Crippen LogP contribution in [0.2, 0.25) is 0 Å². The molecule has 7 heteroatoms. The Bertz CT molecular complexity index is 849. The number of likely N-dealkylation sites (tertiary alicyclic amines) is 1. The lowest BCUT2D eigenvalue weighted by Gasteiger charge is -2.30. The van der Waals surface area contributed by atoms with Crippen LogP contribution in [0.3, 0.4) is 0 Å². The lowest BCUT2D eigenvalue weighted by atomic mass is 9.96. The van der Waals surface area contributed by atoms with Crippen molar-refractivity contribution in [1.29, 1.82) is 0 Å². The average Bonchev–Trinajstić information content (AvgIpc) is 2.69. The number of nitrogens with zero attached hydrogens (tertiary/aromatic N) is 1. The summed E-state index contributed by atoms with van der Waals surface area (Å²) in [4.78, 5) is 25.8. The molecule has 0 atom stereocenters. The average molecular weight is 495 g/mol. The number of piperidine rings is 1. The van der Waals surface area contributed by atoms with E-state index in [1.54, 1.807) is 12.1 Å². The number of nitrogens with two attached hydrogens (primary N) is 1. The predicted molar refractivity (Wildman–Crippen MR) is 116 cm³/mol. The number of hydrogen-bond acceptors (Lipinski definition) is 3. The minimum atomic E-state index is -0.400. The molecule has 0 spiro atoms. The topological polar surface area (TPSA) is 75.4 Å². The van der Waals surface area contributed by atoms with E-state index in [1.807, 2.05) is 46.9 Å². The van der Waals surface area contributed by atoms with Gasteiger partial charge in [0.1, 0.15) is 5.82 Å². The molecule has 2 amide bonds. The quantitative estimate of drug-likeness (QED) is 0.604. The SMILES string of the molecule is NC(=O)C1CCN(CCc2ccc(NC(=O)c3ccc(I)c(F)c3)cc2)CC1. The summed E-state index contributed by atoms with van der Waals surface area (Å²) in [6.45, 7) is 2.72. The molecule has 0 aromatic heterocycles. The second kappa shape index (κ2) is 9.47. The van der Waals surface area contributed by atoms with Crippen molar-refractivity contribution in [2.45, 2.75) is 19.3 Å². The van der Waals surface area contributed by atoms with Crippen molar-refractivity contribution < 1.29 is 14.0 Å². The van der Waals surface area contributed by atoms with Crippen molar-refractivity contribution in [3.05, 3.63) is 63.0 Å². The van der Waals surface area contributed by atoms with Crippen molar-refractivity contribution in [3.63, 3.8) is 0 Å². The van der Waals surface area contributed by atoms with Crippen LogP contribution in [0.25, 0.3) is 0 Å². The van der Waals surface area contributed by atoms with E-state index in [4.69, 9.17) is 5.73 Å². The molecule has 0 aliphatic carbocycles. The number of carbonyl (C=O) groups excluding carboxylic acids is 2. The first-order valence-electron chi connectivity index (χ1n) is 9.29. The van der Waals surface area contributed by atoms with Crippen LogP contribution in [0.15, 0.2) is 42.5 Å². The van der Waals surface area contributed by atoms with Crippen LogP contribution in [-0.2, 0) is 11.2 Å². The fraction of sp³-hybridized carbons (Fsp3) is 0.333. The van der Waals surface area contributed by atoms with Gasteiger partial charge in [-0.1, -0.05) is 12.1 Å². The number of nitrogens with one attached hydrogen (secondary N) is 1. The van der Waals surface area contributed by atoms with Gasteiger partial charge in [0.2, 0.25) is 5.91 Å². The predicted octanol–water partition coefficient (Wildman–Crippen LogP) is 3.42. The molecule has 3 rings (SSSR count). The molecule has 0 radical (unpaired) electrons. The monoisotopic (exact) mass is 495 g/mol. The molecule has 0 unspecified atom stereocenters.